The molecule has 33 heavy (non-hydrogen) atoms. The summed E-state index contributed by atoms with van der Waals surface area (Å²) < 4.78 is 17.6. The van der Waals surface area contributed by atoms with E-state index in [4.69, 9.17) is 14.2 Å². The fraction of sp³-hybridized carbons (Fsp3) is 0.130. The van der Waals surface area contributed by atoms with E-state index >= 15 is 0 Å². The Morgan fingerprint density at radius 3 is 2.64 bits per heavy atom. The molecule has 2 aromatic carbocycles. The molecule has 0 aliphatic carbocycles. The van der Waals surface area contributed by atoms with Gasteiger partial charge in [0.25, 0.3) is 5.78 Å². The summed E-state index contributed by atoms with van der Waals surface area (Å²) in [5, 5.41) is 13.7. The van der Waals surface area contributed by atoms with Crippen LogP contribution in [0.1, 0.15) is 16.2 Å². The number of carbonyl (C=O) groups is 1. The fourth-order valence-corrected chi connectivity index (χ4v) is 3.35. The minimum atomic E-state index is -0.400. The number of hydrogen-bond donors (Lipinski definition) is 0. The molecule has 0 aliphatic rings. The van der Waals surface area contributed by atoms with Crippen LogP contribution in [-0.4, -0.2) is 50.0 Å². The minimum absolute atomic E-state index is 0.131. The molecule has 10 nitrogen and oxygen atoms in total. The highest BCUT2D eigenvalue weighted by atomic mass is 16.5. The summed E-state index contributed by atoms with van der Waals surface area (Å²) in [4.78, 5) is 20.4. The number of fused-ring (bicyclic) bond motifs is 2. The Bertz CT molecular complexity index is 1470. The topological polar surface area (TPSA) is 114 Å². The fourth-order valence-electron chi connectivity index (χ4n) is 3.35. The zero-order valence-electron chi connectivity index (χ0n) is 17.8. The molecule has 0 N–H and O–H groups in total. The van der Waals surface area contributed by atoms with E-state index in [1.165, 1.54) is 11.6 Å². The van der Waals surface area contributed by atoms with Crippen LogP contribution in [0.25, 0.3) is 27.9 Å². The number of nitrogens with zero attached hydrogens (tertiary/aromatic N) is 6. The van der Waals surface area contributed by atoms with Crippen molar-refractivity contribution in [2.24, 2.45) is 0 Å². The van der Waals surface area contributed by atoms with Crippen molar-refractivity contribution in [2.75, 3.05) is 14.2 Å². The zero-order valence-corrected chi connectivity index (χ0v) is 17.8. The number of benzene rings is 2. The first-order valence-electron chi connectivity index (χ1n) is 9.98. The third-order valence-corrected chi connectivity index (χ3v) is 5.07. The summed E-state index contributed by atoms with van der Waals surface area (Å²) in [5.74, 6) is 1.82. The van der Waals surface area contributed by atoms with Gasteiger partial charge in [-0.1, -0.05) is 12.1 Å². The Morgan fingerprint density at radius 1 is 1.00 bits per heavy atom. The van der Waals surface area contributed by atoms with Crippen molar-refractivity contribution >= 4 is 22.6 Å². The Kier molecular flexibility index (Phi) is 5.23. The Hall–Kier alpha value is -4.60. The number of carbonyl (C=O) groups excluding carboxylic acids is 1. The minimum Gasteiger partial charge on any atom is -0.497 e. The number of ether oxygens (including phenoxy) is 3. The molecule has 0 amide bonds. The van der Waals surface area contributed by atoms with Crippen molar-refractivity contribution in [3.63, 3.8) is 0 Å². The predicted molar refractivity (Wildman–Crippen MR) is 118 cm³/mol. The molecule has 0 atom stereocenters. The molecule has 5 aromatic rings. The molecule has 0 saturated carbocycles. The quantitative estimate of drug-likeness (QED) is 0.366. The summed E-state index contributed by atoms with van der Waals surface area (Å²) in [6.45, 7) is 0.131. The number of hydrogen-bond acceptors (Lipinski definition) is 9. The molecule has 0 unspecified atom stereocenters. The number of rotatable bonds is 6. The SMILES string of the molecule is COC(=O)c1ccc(-c2cnc3nnc(COc4ccnc5cc(OC)ccc45)n3n2)cc1. The van der Waals surface area contributed by atoms with Gasteiger partial charge in [-0.3, -0.25) is 4.98 Å². The van der Waals surface area contributed by atoms with Gasteiger partial charge >= 0.3 is 5.97 Å². The van der Waals surface area contributed by atoms with E-state index in [1.54, 1.807) is 49.8 Å². The molecule has 164 valence electrons. The Labute approximate surface area is 187 Å². The molecule has 10 heteroatoms. The molecule has 0 fully saturated rings. The van der Waals surface area contributed by atoms with Crippen molar-refractivity contribution in [2.45, 2.75) is 6.61 Å². The second-order valence-electron chi connectivity index (χ2n) is 7.02. The van der Waals surface area contributed by atoms with E-state index < -0.39 is 5.97 Å². The number of pyridine rings is 1. The highest BCUT2D eigenvalue weighted by Crippen LogP contribution is 2.27. The summed E-state index contributed by atoms with van der Waals surface area (Å²) in [6, 6.07) is 14.3. The van der Waals surface area contributed by atoms with E-state index in [9.17, 15) is 4.79 Å². The van der Waals surface area contributed by atoms with Crippen LogP contribution in [0.5, 0.6) is 11.5 Å². The van der Waals surface area contributed by atoms with E-state index in [0.717, 1.165) is 22.2 Å². The molecule has 0 aliphatic heterocycles. The summed E-state index contributed by atoms with van der Waals surface area (Å²) >= 11 is 0. The van der Waals surface area contributed by atoms with E-state index in [1.807, 2.05) is 18.2 Å². The predicted octanol–water partition coefficient (Wildman–Crippen LogP) is 3.11. The lowest BCUT2D eigenvalue weighted by molar-refractivity contribution is 0.0600. The lowest BCUT2D eigenvalue weighted by Crippen LogP contribution is -2.06. The molecule has 5 rings (SSSR count). The average molecular weight is 442 g/mol. The molecule has 3 heterocycles. The second-order valence-corrected chi connectivity index (χ2v) is 7.02. The van der Waals surface area contributed by atoms with Gasteiger partial charge in [-0.25, -0.2) is 9.78 Å². The Balaban J connectivity index is 1.42. The van der Waals surface area contributed by atoms with Gasteiger partial charge in [0, 0.05) is 23.2 Å². The van der Waals surface area contributed by atoms with Crippen LogP contribution >= 0.6 is 0 Å². The largest absolute Gasteiger partial charge is 0.497 e. The van der Waals surface area contributed by atoms with E-state index in [-0.39, 0.29) is 6.61 Å². The van der Waals surface area contributed by atoms with Gasteiger partial charge in [-0.2, -0.15) is 9.61 Å². The third kappa shape index (κ3) is 3.89. The zero-order chi connectivity index (χ0) is 22.8. The van der Waals surface area contributed by atoms with Gasteiger partial charge in [0.1, 0.15) is 23.8 Å². The number of esters is 1. The Morgan fingerprint density at radius 2 is 1.85 bits per heavy atom. The van der Waals surface area contributed by atoms with Crippen LogP contribution in [0.4, 0.5) is 0 Å². The molecule has 0 bridgehead atoms. The van der Waals surface area contributed by atoms with Gasteiger partial charge in [0.2, 0.25) is 0 Å². The van der Waals surface area contributed by atoms with Gasteiger partial charge in [-0.15, -0.1) is 10.2 Å². The molecule has 3 aromatic heterocycles. The first-order valence-corrected chi connectivity index (χ1v) is 9.98. The third-order valence-electron chi connectivity index (χ3n) is 5.07. The smallest absolute Gasteiger partial charge is 0.337 e. The lowest BCUT2D eigenvalue weighted by Gasteiger charge is -2.09. The highest BCUT2D eigenvalue weighted by molar-refractivity contribution is 5.89. The second kappa shape index (κ2) is 8.50. The van der Waals surface area contributed by atoms with E-state index in [2.05, 4.69) is 25.3 Å². The van der Waals surface area contributed by atoms with Crippen LogP contribution in [0.3, 0.4) is 0 Å². The number of aromatic nitrogens is 6. The van der Waals surface area contributed by atoms with Crippen molar-refractivity contribution in [1.29, 1.82) is 0 Å². The molecular weight excluding hydrogens is 424 g/mol. The molecule has 0 spiro atoms. The monoisotopic (exact) mass is 442 g/mol. The maximum absolute atomic E-state index is 11.7. The maximum atomic E-state index is 11.7. The normalized spacial score (nSPS) is 11.0. The van der Waals surface area contributed by atoms with Crippen molar-refractivity contribution in [3.05, 3.63) is 72.3 Å². The molecule has 0 saturated heterocycles. The first kappa shape index (κ1) is 20.3. The van der Waals surface area contributed by atoms with Gasteiger partial charge in [0.05, 0.1) is 31.5 Å². The van der Waals surface area contributed by atoms with E-state index in [0.29, 0.717) is 28.6 Å². The summed E-state index contributed by atoms with van der Waals surface area (Å²) in [6.07, 6.45) is 3.28. The summed E-state index contributed by atoms with van der Waals surface area (Å²) in [5.41, 5.74) is 2.60. The molecule has 0 radical (unpaired) electrons. The molecular formula is C23H18N6O4. The van der Waals surface area contributed by atoms with Crippen molar-refractivity contribution in [1.82, 2.24) is 29.8 Å². The van der Waals surface area contributed by atoms with Gasteiger partial charge < -0.3 is 14.2 Å². The van der Waals surface area contributed by atoms with Gasteiger partial charge in [-0.05, 0) is 30.3 Å². The summed E-state index contributed by atoms with van der Waals surface area (Å²) in [7, 11) is 2.96. The first-order chi connectivity index (χ1) is 16.2. The van der Waals surface area contributed by atoms with Crippen molar-refractivity contribution < 1.29 is 19.0 Å². The van der Waals surface area contributed by atoms with Gasteiger partial charge in [0.15, 0.2) is 5.82 Å². The lowest BCUT2D eigenvalue weighted by atomic mass is 10.1. The van der Waals surface area contributed by atoms with Crippen LogP contribution in [-0.2, 0) is 11.3 Å². The van der Waals surface area contributed by atoms with Crippen LogP contribution in [0.15, 0.2) is 60.9 Å². The van der Waals surface area contributed by atoms with Crippen LogP contribution in [0, 0.1) is 0 Å². The standard InChI is InChI=1S/C23H18N6O4/c1-31-16-7-8-17-18(11-16)24-10-9-20(17)33-13-21-26-27-23-25-12-19(28-29(21)23)14-3-5-15(6-4-14)22(30)32-2/h3-12H,13H2,1-2H3. The average Bonchev–Trinajstić information content (AvgIpc) is 3.28. The van der Waals surface area contributed by atoms with Crippen LogP contribution in [0.2, 0.25) is 0 Å². The number of methoxy groups -OCH3 is 2. The maximum Gasteiger partial charge on any atom is 0.337 e. The van der Waals surface area contributed by atoms with Crippen LogP contribution < -0.4 is 9.47 Å². The van der Waals surface area contributed by atoms with Crippen molar-refractivity contribution in [3.8, 4) is 22.8 Å². The highest BCUT2D eigenvalue weighted by Gasteiger charge is 2.13.